The van der Waals surface area contributed by atoms with Crippen LogP contribution in [0.1, 0.15) is 47.7 Å². The van der Waals surface area contributed by atoms with Crippen molar-refractivity contribution < 1.29 is 4.79 Å². The second kappa shape index (κ2) is 3.14. The standard InChI is InChI=1S/C14H19NOS/c1-7-9-6-10-12(11(9)8(2)17-7)15(13(10)16)14(3,4)5/h10,12H,6H2,1-5H3/t10-,12-/m0/s1. The predicted molar refractivity (Wildman–Crippen MR) is 70.3 cm³/mol. The quantitative estimate of drug-likeness (QED) is 0.646. The van der Waals surface area contributed by atoms with E-state index < -0.39 is 0 Å². The van der Waals surface area contributed by atoms with Crippen molar-refractivity contribution in [2.75, 3.05) is 0 Å². The fraction of sp³-hybridized carbons (Fsp3) is 0.643. The summed E-state index contributed by atoms with van der Waals surface area (Å²) in [5.74, 6) is 0.590. The van der Waals surface area contributed by atoms with Crippen LogP contribution in [-0.4, -0.2) is 16.3 Å². The van der Waals surface area contributed by atoms with Crippen LogP contribution in [0.5, 0.6) is 0 Å². The number of fused-ring (bicyclic) bond motifs is 3. The van der Waals surface area contributed by atoms with Crippen molar-refractivity contribution in [1.82, 2.24) is 4.90 Å². The SMILES string of the molecule is Cc1sc(C)c2c1C[C@@H]1C(=O)N(C(C)(C)C)[C@H]21. The molecule has 1 aliphatic heterocycles. The molecular formula is C14H19NOS. The molecule has 1 amide bonds. The Bertz CT molecular complexity index is 509. The molecule has 0 unspecified atom stereocenters. The van der Waals surface area contributed by atoms with Gasteiger partial charge < -0.3 is 4.90 Å². The van der Waals surface area contributed by atoms with E-state index in [4.69, 9.17) is 0 Å². The Morgan fingerprint density at radius 1 is 1.24 bits per heavy atom. The number of carbonyl (C=O) groups is 1. The molecule has 3 heteroatoms. The van der Waals surface area contributed by atoms with Gasteiger partial charge in [0, 0.05) is 15.3 Å². The molecule has 1 aromatic rings. The fourth-order valence-electron chi connectivity index (χ4n) is 3.43. The Balaban J connectivity index is 2.08. The van der Waals surface area contributed by atoms with Gasteiger partial charge in [-0.15, -0.1) is 11.3 Å². The van der Waals surface area contributed by atoms with Gasteiger partial charge in [0.15, 0.2) is 0 Å². The molecular weight excluding hydrogens is 230 g/mol. The zero-order chi connectivity index (χ0) is 12.5. The number of rotatable bonds is 0. The molecule has 1 aliphatic carbocycles. The molecule has 0 aromatic carbocycles. The molecule has 2 atom stereocenters. The van der Waals surface area contributed by atoms with Crippen molar-refractivity contribution in [2.45, 2.75) is 52.6 Å². The molecule has 1 fully saturated rings. The van der Waals surface area contributed by atoms with E-state index in [1.165, 1.54) is 20.9 Å². The summed E-state index contributed by atoms with van der Waals surface area (Å²) in [7, 11) is 0. The molecule has 3 rings (SSSR count). The monoisotopic (exact) mass is 249 g/mol. The van der Waals surface area contributed by atoms with Gasteiger partial charge >= 0.3 is 0 Å². The van der Waals surface area contributed by atoms with Gasteiger partial charge in [-0.3, -0.25) is 4.79 Å². The van der Waals surface area contributed by atoms with Crippen LogP contribution in [-0.2, 0) is 11.2 Å². The second-order valence-electron chi connectivity index (χ2n) is 6.24. The Kier molecular flexibility index (Phi) is 2.08. The van der Waals surface area contributed by atoms with Crippen molar-refractivity contribution >= 4 is 17.2 Å². The molecule has 0 spiro atoms. The fourth-order valence-corrected chi connectivity index (χ4v) is 4.56. The van der Waals surface area contributed by atoms with Crippen molar-refractivity contribution in [2.24, 2.45) is 5.92 Å². The highest BCUT2D eigenvalue weighted by Gasteiger charge is 2.57. The summed E-state index contributed by atoms with van der Waals surface area (Å²) in [6.45, 7) is 10.8. The predicted octanol–water partition coefficient (Wildman–Crippen LogP) is 3.22. The molecule has 1 saturated heterocycles. The molecule has 0 N–H and O–H groups in total. The first-order valence-corrected chi connectivity index (χ1v) is 7.06. The molecule has 2 nitrogen and oxygen atoms in total. The van der Waals surface area contributed by atoms with Gasteiger partial charge in [-0.1, -0.05) is 0 Å². The lowest BCUT2D eigenvalue weighted by Gasteiger charge is -2.52. The van der Waals surface area contributed by atoms with E-state index in [1.54, 1.807) is 0 Å². The maximum atomic E-state index is 12.2. The highest BCUT2D eigenvalue weighted by molar-refractivity contribution is 7.12. The van der Waals surface area contributed by atoms with Crippen LogP contribution in [0.15, 0.2) is 0 Å². The third-order valence-corrected chi connectivity index (χ3v) is 5.17. The molecule has 0 radical (unpaired) electrons. The number of nitrogens with zero attached hydrogens (tertiary/aromatic N) is 1. The number of amides is 1. The van der Waals surface area contributed by atoms with E-state index in [1.807, 2.05) is 11.3 Å². The van der Waals surface area contributed by atoms with Crippen LogP contribution in [0.3, 0.4) is 0 Å². The van der Waals surface area contributed by atoms with E-state index in [2.05, 4.69) is 39.5 Å². The van der Waals surface area contributed by atoms with E-state index in [0.717, 1.165) is 6.42 Å². The van der Waals surface area contributed by atoms with Crippen LogP contribution in [0, 0.1) is 19.8 Å². The normalized spacial score (nSPS) is 26.9. The Labute approximate surface area is 107 Å². The first-order chi connectivity index (χ1) is 7.82. The lowest BCUT2D eigenvalue weighted by molar-refractivity contribution is -0.164. The zero-order valence-corrected chi connectivity index (χ0v) is 11.9. The van der Waals surface area contributed by atoms with E-state index in [-0.39, 0.29) is 11.5 Å². The van der Waals surface area contributed by atoms with Gasteiger partial charge in [0.2, 0.25) is 5.91 Å². The van der Waals surface area contributed by atoms with Crippen molar-refractivity contribution in [3.63, 3.8) is 0 Å². The van der Waals surface area contributed by atoms with Crippen LogP contribution < -0.4 is 0 Å². The molecule has 1 aromatic heterocycles. The minimum atomic E-state index is -0.0534. The summed E-state index contributed by atoms with van der Waals surface area (Å²) in [4.78, 5) is 17.1. The van der Waals surface area contributed by atoms with Crippen LogP contribution >= 0.6 is 11.3 Å². The summed E-state index contributed by atoms with van der Waals surface area (Å²) >= 11 is 1.89. The molecule has 92 valence electrons. The van der Waals surface area contributed by atoms with Crippen LogP contribution in [0.2, 0.25) is 0 Å². The van der Waals surface area contributed by atoms with E-state index in [0.29, 0.717) is 11.9 Å². The maximum absolute atomic E-state index is 12.2. The van der Waals surface area contributed by atoms with Gasteiger partial charge in [-0.2, -0.15) is 0 Å². The molecule has 0 bridgehead atoms. The lowest BCUT2D eigenvalue weighted by atomic mass is 9.83. The third kappa shape index (κ3) is 1.29. The first kappa shape index (κ1) is 11.3. The number of hydrogen-bond acceptors (Lipinski definition) is 2. The van der Waals surface area contributed by atoms with Gasteiger partial charge in [0.05, 0.1) is 12.0 Å². The topological polar surface area (TPSA) is 20.3 Å². The first-order valence-electron chi connectivity index (χ1n) is 6.24. The number of thiophene rings is 1. The molecule has 2 aliphatic rings. The zero-order valence-electron chi connectivity index (χ0n) is 11.1. The van der Waals surface area contributed by atoms with Crippen LogP contribution in [0.4, 0.5) is 0 Å². The summed E-state index contributed by atoms with van der Waals surface area (Å²) in [6, 6.07) is 0.363. The number of β-lactam (4-membered cyclic amide) rings is 1. The average Bonchev–Trinajstić information content (AvgIpc) is 2.62. The van der Waals surface area contributed by atoms with Gasteiger partial charge in [-0.05, 0) is 52.2 Å². The summed E-state index contributed by atoms with van der Waals surface area (Å²) in [6.07, 6.45) is 0.974. The number of carbonyl (C=O) groups excluding carboxylic acids is 1. The Morgan fingerprint density at radius 2 is 1.88 bits per heavy atom. The number of hydrogen-bond donors (Lipinski definition) is 0. The van der Waals surface area contributed by atoms with Gasteiger partial charge in [0.1, 0.15) is 0 Å². The minimum absolute atomic E-state index is 0.0534. The largest absolute Gasteiger partial charge is 0.330 e. The van der Waals surface area contributed by atoms with Crippen LogP contribution in [0.25, 0.3) is 0 Å². The summed E-state index contributed by atoms with van der Waals surface area (Å²) in [5.41, 5.74) is 2.87. The second-order valence-corrected chi connectivity index (χ2v) is 7.67. The minimum Gasteiger partial charge on any atom is -0.330 e. The van der Waals surface area contributed by atoms with Crippen molar-refractivity contribution in [3.05, 3.63) is 20.9 Å². The van der Waals surface area contributed by atoms with E-state index in [9.17, 15) is 4.79 Å². The van der Waals surface area contributed by atoms with Crippen molar-refractivity contribution in [3.8, 4) is 0 Å². The van der Waals surface area contributed by atoms with Gasteiger partial charge in [-0.25, -0.2) is 0 Å². The third-order valence-electron chi connectivity index (χ3n) is 4.09. The number of aryl methyl sites for hydroxylation is 2. The smallest absolute Gasteiger partial charge is 0.229 e. The average molecular weight is 249 g/mol. The highest BCUT2D eigenvalue weighted by Crippen LogP contribution is 2.55. The molecule has 2 heterocycles. The Hall–Kier alpha value is -0.830. The summed E-state index contributed by atoms with van der Waals surface area (Å²) in [5, 5.41) is 0. The summed E-state index contributed by atoms with van der Waals surface area (Å²) < 4.78 is 0. The van der Waals surface area contributed by atoms with Gasteiger partial charge in [0.25, 0.3) is 0 Å². The lowest BCUT2D eigenvalue weighted by Crippen LogP contribution is -2.60. The maximum Gasteiger partial charge on any atom is 0.229 e. The molecule has 0 saturated carbocycles. The van der Waals surface area contributed by atoms with E-state index >= 15 is 0 Å². The number of likely N-dealkylation sites (tertiary alicyclic amines) is 1. The molecule has 17 heavy (non-hydrogen) atoms. The van der Waals surface area contributed by atoms with Crippen molar-refractivity contribution in [1.29, 1.82) is 0 Å². The highest BCUT2D eigenvalue weighted by atomic mass is 32.1. The Morgan fingerprint density at radius 3 is 2.47 bits per heavy atom.